The molecule has 0 saturated carbocycles. The predicted octanol–water partition coefficient (Wildman–Crippen LogP) is 10.6. The number of rotatable bonds is 5. The lowest BCUT2D eigenvalue weighted by Crippen LogP contribution is -1.96. The molecule has 8 rings (SSSR count). The minimum absolute atomic E-state index is 0.622. The van der Waals surface area contributed by atoms with Crippen LogP contribution in [0.25, 0.3) is 64.8 Å². The molecule has 0 fully saturated rings. The van der Waals surface area contributed by atoms with Crippen LogP contribution in [0.5, 0.6) is 0 Å². The van der Waals surface area contributed by atoms with Crippen molar-refractivity contribution in [2.45, 2.75) is 0 Å². The van der Waals surface area contributed by atoms with Gasteiger partial charge in [-0.1, -0.05) is 91.0 Å². The van der Waals surface area contributed by atoms with Gasteiger partial charge >= 0.3 is 0 Å². The first-order valence-corrected chi connectivity index (χ1v) is 15.2. The van der Waals surface area contributed by atoms with Crippen molar-refractivity contribution in [2.75, 3.05) is 5.32 Å². The summed E-state index contributed by atoms with van der Waals surface area (Å²) < 4.78 is 2.51. The molecule has 0 aliphatic rings. The molecule has 0 atom stereocenters. The monoisotopic (exact) mass is 580 g/mol. The molecule has 0 aliphatic carbocycles. The van der Waals surface area contributed by atoms with Crippen LogP contribution >= 0.6 is 11.3 Å². The van der Waals surface area contributed by atoms with E-state index >= 15 is 0 Å². The van der Waals surface area contributed by atoms with Crippen LogP contribution in [0.1, 0.15) is 5.56 Å². The van der Waals surface area contributed by atoms with Gasteiger partial charge in [0.25, 0.3) is 0 Å². The number of benzene rings is 6. The maximum atomic E-state index is 9.26. The summed E-state index contributed by atoms with van der Waals surface area (Å²) in [6.45, 7) is 0. The van der Waals surface area contributed by atoms with Gasteiger partial charge in [0.15, 0.2) is 5.82 Å². The van der Waals surface area contributed by atoms with Crippen molar-refractivity contribution in [1.29, 1.82) is 5.26 Å². The highest BCUT2D eigenvalue weighted by Gasteiger charge is 2.16. The van der Waals surface area contributed by atoms with Crippen molar-refractivity contribution in [3.8, 4) is 39.8 Å². The van der Waals surface area contributed by atoms with E-state index in [-0.39, 0.29) is 0 Å². The van der Waals surface area contributed by atoms with Crippen molar-refractivity contribution in [3.63, 3.8) is 0 Å². The quantitative estimate of drug-likeness (QED) is 0.220. The van der Waals surface area contributed by atoms with Gasteiger partial charge < -0.3 is 5.32 Å². The first-order valence-electron chi connectivity index (χ1n) is 14.4. The highest BCUT2D eigenvalue weighted by Crippen LogP contribution is 2.44. The maximum absolute atomic E-state index is 9.26. The Hall–Kier alpha value is -5.83. The molecule has 0 amide bonds. The number of hydrogen-bond donors (Lipinski definition) is 1. The molecule has 0 spiro atoms. The second kappa shape index (κ2) is 10.8. The fourth-order valence-corrected chi connectivity index (χ4v) is 6.95. The molecule has 5 heteroatoms. The number of nitriles is 1. The van der Waals surface area contributed by atoms with Crippen LogP contribution in [-0.4, -0.2) is 9.97 Å². The summed E-state index contributed by atoms with van der Waals surface area (Å²) in [5.41, 5.74) is 8.66. The molecule has 2 aromatic heterocycles. The first kappa shape index (κ1) is 25.8. The van der Waals surface area contributed by atoms with Crippen LogP contribution in [0.3, 0.4) is 0 Å². The molecule has 0 radical (unpaired) electrons. The molecule has 4 nitrogen and oxygen atoms in total. The maximum Gasteiger partial charge on any atom is 0.160 e. The summed E-state index contributed by atoms with van der Waals surface area (Å²) in [7, 11) is 0. The normalized spacial score (nSPS) is 11.2. The Morgan fingerprint density at radius 1 is 0.568 bits per heavy atom. The largest absolute Gasteiger partial charge is 0.354 e. The summed E-state index contributed by atoms with van der Waals surface area (Å²) in [5.74, 6) is 0.659. The SMILES string of the molecule is N#Cc1ccc(-c2nc(-c3ccc(Nc4c(-c5ccccc5)ccc5c4sc4ccccc45)cc3)nc3ccccc23)cc1. The number of nitrogens with one attached hydrogen (secondary N) is 1. The highest BCUT2D eigenvalue weighted by atomic mass is 32.1. The minimum Gasteiger partial charge on any atom is -0.354 e. The Labute approximate surface area is 258 Å². The van der Waals surface area contributed by atoms with Gasteiger partial charge in [-0.05, 0) is 54.1 Å². The topological polar surface area (TPSA) is 61.6 Å². The zero-order valence-corrected chi connectivity index (χ0v) is 24.3. The van der Waals surface area contributed by atoms with E-state index in [1.165, 1.54) is 31.3 Å². The number of nitrogens with zero attached hydrogens (tertiary/aromatic N) is 3. The third-order valence-electron chi connectivity index (χ3n) is 7.93. The van der Waals surface area contributed by atoms with Gasteiger partial charge in [0.2, 0.25) is 0 Å². The molecule has 1 N–H and O–H groups in total. The summed E-state index contributed by atoms with van der Waals surface area (Å²) in [6, 6.07) is 49.7. The standard InChI is InChI=1S/C39H24N4S/c40-24-25-14-16-27(17-15-25)36-33-11-4-6-12-34(33)42-39(43-36)28-18-20-29(21-19-28)41-37-30(26-8-2-1-3-9-26)22-23-32-31-10-5-7-13-35(31)44-38(32)37/h1-23,41H. The molecule has 6 aromatic carbocycles. The average Bonchev–Trinajstić information content (AvgIpc) is 3.48. The van der Waals surface area contributed by atoms with E-state index in [0.29, 0.717) is 11.4 Å². The van der Waals surface area contributed by atoms with Crippen molar-refractivity contribution in [1.82, 2.24) is 9.97 Å². The Balaban J connectivity index is 1.21. The molecule has 44 heavy (non-hydrogen) atoms. The number of thiophene rings is 1. The van der Waals surface area contributed by atoms with Crippen molar-refractivity contribution in [3.05, 3.63) is 145 Å². The molecular weight excluding hydrogens is 557 g/mol. The van der Waals surface area contributed by atoms with E-state index in [4.69, 9.17) is 9.97 Å². The second-order valence-corrected chi connectivity index (χ2v) is 11.7. The van der Waals surface area contributed by atoms with E-state index in [9.17, 15) is 5.26 Å². The Morgan fingerprint density at radius 3 is 2.07 bits per heavy atom. The molecule has 2 heterocycles. The lowest BCUT2D eigenvalue weighted by Gasteiger charge is -2.15. The fraction of sp³-hybridized carbons (Fsp3) is 0. The summed E-state index contributed by atoms with van der Waals surface area (Å²) in [5, 5.41) is 16.5. The molecule has 0 unspecified atom stereocenters. The van der Waals surface area contributed by atoms with Gasteiger partial charge in [0.1, 0.15) is 0 Å². The van der Waals surface area contributed by atoms with Gasteiger partial charge in [-0.2, -0.15) is 5.26 Å². The molecule has 206 valence electrons. The third kappa shape index (κ3) is 4.55. The Kier molecular flexibility index (Phi) is 6.33. The summed E-state index contributed by atoms with van der Waals surface area (Å²) in [4.78, 5) is 9.93. The van der Waals surface area contributed by atoms with Gasteiger partial charge in [0.05, 0.1) is 33.2 Å². The minimum atomic E-state index is 0.622. The van der Waals surface area contributed by atoms with Crippen molar-refractivity contribution in [2.24, 2.45) is 0 Å². The lowest BCUT2D eigenvalue weighted by molar-refractivity contribution is 1.23. The van der Waals surface area contributed by atoms with Crippen LogP contribution in [0.15, 0.2) is 140 Å². The first-order chi connectivity index (χ1) is 21.7. The van der Waals surface area contributed by atoms with E-state index in [2.05, 4.69) is 102 Å². The van der Waals surface area contributed by atoms with Crippen LogP contribution < -0.4 is 5.32 Å². The second-order valence-electron chi connectivity index (χ2n) is 10.6. The number of hydrogen-bond acceptors (Lipinski definition) is 5. The number of fused-ring (bicyclic) bond motifs is 4. The van der Waals surface area contributed by atoms with Crippen molar-refractivity contribution >= 4 is 53.8 Å². The lowest BCUT2D eigenvalue weighted by atomic mass is 10.0. The van der Waals surface area contributed by atoms with E-state index in [0.717, 1.165) is 39.1 Å². The van der Waals surface area contributed by atoms with Gasteiger partial charge in [-0.15, -0.1) is 11.3 Å². The van der Waals surface area contributed by atoms with Gasteiger partial charge in [-0.3, -0.25) is 0 Å². The number of anilines is 2. The smallest absolute Gasteiger partial charge is 0.160 e. The molecule has 0 aliphatic heterocycles. The zero-order valence-electron chi connectivity index (χ0n) is 23.5. The highest BCUT2D eigenvalue weighted by molar-refractivity contribution is 7.26. The van der Waals surface area contributed by atoms with Crippen LogP contribution in [0, 0.1) is 11.3 Å². The molecule has 8 aromatic rings. The predicted molar refractivity (Wildman–Crippen MR) is 183 cm³/mol. The number of para-hydroxylation sites is 1. The zero-order chi connectivity index (χ0) is 29.5. The van der Waals surface area contributed by atoms with E-state index < -0.39 is 0 Å². The molecule has 0 bridgehead atoms. The molecular formula is C39H24N4S. The Bertz CT molecular complexity index is 2350. The fourth-order valence-electron chi connectivity index (χ4n) is 5.75. The number of aromatic nitrogens is 2. The van der Waals surface area contributed by atoms with Gasteiger partial charge in [0, 0.05) is 43.2 Å². The van der Waals surface area contributed by atoms with Crippen molar-refractivity contribution < 1.29 is 0 Å². The molecule has 0 saturated heterocycles. The van der Waals surface area contributed by atoms with E-state index in [1.807, 2.05) is 59.9 Å². The average molecular weight is 581 g/mol. The Morgan fingerprint density at radius 2 is 1.27 bits per heavy atom. The van der Waals surface area contributed by atoms with Crippen LogP contribution in [0.4, 0.5) is 11.4 Å². The van der Waals surface area contributed by atoms with Crippen LogP contribution in [0.2, 0.25) is 0 Å². The summed E-state index contributed by atoms with van der Waals surface area (Å²) in [6.07, 6.45) is 0. The third-order valence-corrected chi connectivity index (χ3v) is 9.14. The van der Waals surface area contributed by atoms with E-state index in [1.54, 1.807) is 0 Å². The summed E-state index contributed by atoms with van der Waals surface area (Å²) >= 11 is 1.82. The van der Waals surface area contributed by atoms with Crippen LogP contribution in [-0.2, 0) is 0 Å². The van der Waals surface area contributed by atoms with Gasteiger partial charge in [-0.25, -0.2) is 9.97 Å².